The third-order valence-corrected chi connectivity index (χ3v) is 3.49. The van der Waals surface area contributed by atoms with E-state index in [0.717, 1.165) is 5.96 Å². The molecule has 1 atom stereocenters. The minimum atomic E-state index is -0.147. The van der Waals surface area contributed by atoms with E-state index in [9.17, 15) is 0 Å². The van der Waals surface area contributed by atoms with Gasteiger partial charge in [-0.3, -0.25) is 4.90 Å². The highest BCUT2D eigenvalue weighted by molar-refractivity contribution is 5.93. The second-order valence-corrected chi connectivity index (χ2v) is 5.91. The molecule has 0 fully saturated rings. The molecule has 3 nitrogen and oxygen atoms in total. The first kappa shape index (κ1) is 12.1. The van der Waals surface area contributed by atoms with Gasteiger partial charge < -0.3 is 0 Å². The average molecular weight is 231 g/mol. The van der Waals surface area contributed by atoms with Gasteiger partial charge in [0.05, 0.1) is 5.54 Å². The maximum absolute atomic E-state index is 4.77. The molecule has 17 heavy (non-hydrogen) atoms. The summed E-state index contributed by atoms with van der Waals surface area (Å²) in [5.41, 5.74) is -0.159. The molecule has 0 aromatic carbocycles. The second-order valence-electron chi connectivity index (χ2n) is 5.91. The van der Waals surface area contributed by atoms with E-state index in [1.165, 1.54) is 0 Å². The summed E-state index contributed by atoms with van der Waals surface area (Å²) in [6.07, 6.45) is 10.4. The molecular formula is C14H21N3. The van der Waals surface area contributed by atoms with Crippen LogP contribution in [0.5, 0.6) is 0 Å². The molecule has 0 saturated carbocycles. The average Bonchev–Trinajstić information content (AvgIpc) is 2.38. The molecule has 0 amide bonds. The first-order valence-electron chi connectivity index (χ1n) is 6.15. The standard InChI is InChI=1S/C14H21N3/c1-11(2)14(5)7-9-17-8-6-13(3,4)10-15-12(17)16-14/h6-11H,1-5H3. The van der Waals surface area contributed by atoms with E-state index < -0.39 is 0 Å². The van der Waals surface area contributed by atoms with Crippen LogP contribution >= 0.6 is 0 Å². The molecular weight excluding hydrogens is 210 g/mol. The lowest BCUT2D eigenvalue weighted by Gasteiger charge is -2.32. The van der Waals surface area contributed by atoms with Crippen molar-refractivity contribution in [3.8, 4) is 0 Å². The fourth-order valence-corrected chi connectivity index (χ4v) is 1.68. The minimum Gasteiger partial charge on any atom is -0.294 e. The van der Waals surface area contributed by atoms with Gasteiger partial charge in [-0.25, -0.2) is 9.98 Å². The molecule has 1 unspecified atom stereocenters. The molecule has 2 aliphatic rings. The van der Waals surface area contributed by atoms with E-state index >= 15 is 0 Å². The van der Waals surface area contributed by atoms with Crippen LogP contribution < -0.4 is 0 Å². The molecule has 3 heteroatoms. The second kappa shape index (κ2) is 3.83. The van der Waals surface area contributed by atoms with Gasteiger partial charge in [0, 0.05) is 24.0 Å². The molecule has 92 valence electrons. The Morgan fingerprint density at radius 2 is 1.76 bits per heavy atom. The fraction of sp³-hybridized carbons (Fsp3) is 0.571. The SMILES string of the molecule is CC(C)C1(C)C=CN2C=CC(C)(C)C=NC2=N1. The maximum Gasteiger partial charge on any atom is 0.229 e. The van der Waals surface area contributed by atoms with Crippen LogP contribution in [-0.4, -0.2) is 22.6 Å². The monoisotopic (exact) mass is 231 g/mol. The fourth-order valence-electron chi connectivity index (χ4n) is 1.68. The number of allylic oxidation sites excluding steroid dienone is 1. The Bertz CT molecular complexity index is 427. The highest BCUT2D eigenvalue weighted by Gasteiger charge is 2.30. The van der Waals surface area contributed by atoms with Gasteiger partial charge in [-0.2, -0.15) is 0 Å². The quantitative estimate of drug-likeness (QED) is 0.681. The van der Waals surface area contributed by atoms with Crippen molar-refractivity contribution >= 4 is 12.2 Å². The van der Waals surface area contributed by atoms with E-state index in [1.54, 1.807) is 0 Å². The van der Waals surface area contributed by atoms with Gasteiger partial charge in [0.2, 0.25) is 5.96 Å². The zero-order chi connectivity index (χ0) is 12.7. The molecule has 2 heterocycles. The number of fused-ring (bicyclic) bond motifs is 1. The van der Waals surface area contributed by atoms with Crippen LogP contribution in [0.1, 0.15) is 34.6 Å². The van der Waals surface area contributed by atoms with Gasteiger partial charge in [0.25, 0.3) is 0 Å². The van der Waals surface area contributed by atoms with Crippen LogP contribution in [0.4, 0.5) is 0 Å². The third kappa shape index (κ3) is 2.33. The predicted octanol–water partition coefficient (Wildman–Crippen LogP) is 3.21. The Morgan fingerprint density at radius 1 is 1.12 bits per heavy atom. The van der Waals surface area contributed by atoms with Crippen molar-refractivity contribution in [2.45, 2.75) is 40.2 Å². The zero-order valence-electron chi connectivity index (χ0n) is 11.3. The number of nitrogens with zero attached hydrogens (tertiary/aromatic N) is 3. The number of hydrogen-bond acceptors (Lipinski definition) is 3. The van der Waals surface area contributed by atoms with Crippen LogP contribution in [0.25, 0.3) is 0 Å². The maximum atomic E-state index is 4.77. The molecule has 2 aliphatic heterocycles. The van der Waals surface area contributed by atoms with Gasteiger partial charge in [-0.05, 0) is 18.9 Å². The first-order chi connectivity index (χ1) is 7.82. The summed E-state index contributed by atoms with van der Waals surface area (Å²) in [6, 6.07) is 0. The van der Waals surface area contributed by atoms with Crippen LogP contribution in [0.2, 0.25) is 0 Å². The molecule has 0 spiro atoms. The van der Waals surface area contributed by atoms with Crippen LogP contribution in [0.15, 0.2) is 34.5 Å². The number of hydrogen-bond donors (Lipinski definition) is 0. The first-order valence-corrected chi connectivity index (χ1v) is 6.15. The Hall–Kier alpha value is -1.38. The van der Waals surface area contributed by atoms with Crippen molar-refractivity contribution in [3.63, 3.8) is 0 Å². The van der Waals surface area contributed by atoms with Gasteiger partial charge in [-0.1, -0.05) is 33.8 Å². The summed E-state index contributed by atoms with van der Waals surface area (Å²) < 4.78 is 0. The van der Waals surface area contributed by atoms with Gasteiger partial charge in [-0.15, -0.1) is 0 Å². The zero-order valence-corrected chi connectivity index (χ0v) is 11.3. The topological polar surface area (TPSA) is 28.0 Å². The van der Waals surface area contributed by atoms with E-state index in [0.29, 0.717) is 5.92 Å². The minimum absolute atomic E-state index is 0.0120. The lowest BCUT2D eigenvalue weighted by molar-refractivity contribution is 0.405. The van der Waals surface area contributed by atoms with Crippen molar-refractivity contribution in [2.75, 3.05) is 0 Å². The normalized spacial score (nSPS) is 30.2. The molecule has 0 N–H and O–H groups in total. The molecule has 0 saturated heterocycles. The van der Waals surface area contributed by atoms with Crippen molar-refractivity contribution in [2.24, 2.45) is 21.3 Å². The van der Waals surface area contributed by atoms with Gasteiger partial charge in [0.1, 0.15) is 0 Å². The van der Waals surface area contributed by atoms with Crippen LogP contribution in [-0.2, 0) is 0 Å². The molecule has 0 bridgehead atoms. The van der Waals surface area contributed by atoms with Crippen molar-refractivity contribution in [1.82, 2.24) is 4.90 Å². The lowest BCUT2D eigenvalue weighted by Crippen LogP contribution is -2.35. The van der Waals surface area contributed by atoms with Gasteiger partial charge >= 0.3 is 0 Å². The predicted molar refractivity (Wildman–Crippen MR) is 73.1 cm³/mol. The summed E-state index contributed by atoms with van der Waals surface area (Å²) in [5.74, 6) is 1.24. The van der Waals surface area contributed by atoms with E-state index in [2.05, 4.69) is 58.0 Å². The summed E-state index contributed by atoms with van der Waals surface area (Å²) >= 11 is 0. The van der Waals surface area contributed by atoms with Crippen molar-refractivity contribution in [3.05, 3.63) is 24.6 Å². The van der Waals surface area contributed by atoms with Crippen LogP contribution in [0.3, 0.4) is 0 Å². The molecule has 2 rings (SSSR count). The summed E-state index contributed by atoms with van der Waals surface area (Å²) in [4.78, 5) is 11.3. The summed E-state index contributed by atoms with van der Waals surface area (Å²) in [7, 11) is 0. The van der Waals surface area contributed by atoms with Gasteiger partial charge in [0.15, 0.2) is 0 Å². The summed E-state index contributed by atoms with van der Waals surface area (Å²) in [6.45, 7) is 10.8. The molecule has 0 radical (unpaired) electrons. The third-order valence-electron chi connectivity index (χ3n) is 3.49. The Balaban J connectivity index is 2.39. The van der Waals surface area contributed by atoms with E-state index in [-0.39, 0.29) is 11.0 Å². The summed E-state index contributed by atoms with van der Waals surface area (Å²) in [5, 5.41) is 0. The van der Waals surface area contributed by atoms with E-state index in [4.69, 9.17) is 4.99 Å². The number of rotatable bonds is 1. The van der Waals surface area contributed by atoms with E-state index in [1.807, 2.05) is 17.3 Å². The molecule has 0 aliphatic carbocycles. The van der Waals surface area contributed by atoms with Crippen molar-refractivity contribution in [1.29, 1.82) is 0 Å². The Morgan fingerprint density at radius 3 is 2.41 bits per heavy atom. The largest absolute Gasteiger partial charge is 0.294 e. The molecule has 0 aromatic rings. The number of aliphatic imine (C=N–C) groups is 2. The van der Waals surface area contributed by atoms with Crippen molar-refractivity contribution < 1.29 is 0 Å². The smallest absolute Gasteiger partial charge is 0.229 e. The van der Waals surface area contributed by atoms with Crippen LogP contribution in [0, 0.1) is 11.3 Å². The molecule has 0 aromatic heterocycles. The highest BCUT2D eigenvalue weighted by atomic mass is 15.3. The Labute approximate surface area is 104 Å². The lowest BCUT2D eigenvalue weighted by atomic mass is 9.88. The highest BCUT2D eigenvalue weighted by Crippen LogP contribution is 2.29. The Kier molecular flexibility index (Phi) is 2.72. The number of guanidine groups is 1.